The van der Waals surface area contributed by atoms with Crippen LogP contribution in [0.1, 0.15) is 32.1 Å². The van der Waals surface area contributed by atoms with Gasteiger partial charge in [0, 0.05) is 24.2 Å². The number of hydrogen-bond acceptors (Lipinski definition) is 6. The fraction of sp³-hybridized carbons (Fsp3) is 0.636. The molecule has 4 N–H and O–H groups in total. The van der Waals surface area contributed by atoms with Crippen molar-refractivity contribution in [1.82, 2.24) is 14.9 Å². The SMILES string of the molecule is Cl.Cl.O=C(O)[C@@H]1C[C@H]2C[C@@H](CN3C[C@@H](NS(=O)(=O)c4ccc(Cl)cc4)C[C@H]3C(=O)O)CC[C@H]2CN1. The zero-order valence-corrected chi connectivity index (χ0v) is 22.2. The van der Waals surface area contributed by atoms with Gasteiger partial charge in [0.2, 0.25) is 10.0 Å². The lowest BCUT2D eigenvalue weighted by molar-refractivity contribution is -0.143. The maximum atomic E-state index is 12.7. The number of piperidine rings is 1. The molecule has 3 fully saturated rings. The van der Waals surface area contributed by atoms with Crippen molar-refractivity contribution in [3.05, 3.63) is 29.3 Å². The van der Waals surface area contributed by atoms with E-state index < -0.39 is 40.1 Å². The molecule has 1 aliphatic carbocycles. The standard InChI is InChI=1S/C22H30ClN3O6S.2ClH/c23-16-3-5-18(6-4-16)33(31,32)25-17-9-20(22(29)30)26(12-17)11-13-1-2-14-10-24-19(21(27)28)8-15(14)7-13;;/h3-6,13-15,17,19-20,24-25H,1-2,7-12H2,(H,27,28)(H,29,30);2*1H/t13-,14-,15+,17-,19-,20-;;/m0../s1. The van der Waals surface area contributed by atoms with Crippen molar-refractivity contribution in [2.45, 2.75) is 55.1 Å². The number of rotatable bonds is 7. The first-order valence-electron chi connectivity index (χ1n) is 11.3. The second kappa shape index (κ2) is 12.4. The molecular formula is C22H32Cl3N3O6S. The number of nitrogens with zero attached hydrogens (tertiary/aromatic N) is 1. The number of carboxylic acids is 2. The van der Waals surface area contributed by atoms with Crippen molar-refractivity contribution in [3.8, 4) is 0 Å². The van der Waals surface area contributed by atoms with Gasteiger partial charge in [-0.3, -0.25) is 14.5 Å². The Kier molecular flexibility index (Phi) is 10.7. The molecule has 1 aromatic rings. The molecule has 198 valence electrons. The van der Waals surface area contributed by atoms with Gasteiger partial charge in [0.1, 0.15) is 12.1 Å². The van der Waals surface area contributed by atoms with Crippen LogP contribution >= 0.6 is 36.4 Å². The summed E-state index contributed by atoms with van der Waals surface area (Å²) in [7, 11) is -3.79. The highest BCUT2D eigenvalue weighted by Crippen LogP contribution is 2.39. The fourth-order valence-corrected chi connectivity index (χ4v) is 7.06. The van der Waals surface area contributed by atoms with E-state index in [1.165, 1.54) is 24.3 Å². The zero-order valence-electron chi connectivity index (χ0n) is 19.0. The van der Waals surface area contributed by atoms with Gasteiger partial charge in [0.05, 0.1) is 4.90 Å². The Morgan fingerprint density at radius 1 is 1.03 bits per heavy atom. The number of likely N-dealkylation sites (tertiary alicyclic amines) is 1. The smallest absolute Gasteiger partial charge is 0.320 e. The molecule has 0 aromatic heterocycles. The molecule has 35 heavy (non-hydrogen) atoms. The van der Waals surface area contributed by atoms with Crippen LogP contribution in [0.4, 0.5) is 0 Å². The number of carbonyl (C=O) groups is 2. The monoisotopic (exact) mass is 571 g/mol. The Hall–Kier alpha value is -1.14. The van der Waals surface area contributed by atoms with Crippen molar-refractivity contribution >= 4 is 58.4 Å². The Morgan fingerprint density at radius 2 is 1.71 bits per heavy atom. The third-order valence-corrected chi connectivity index (χ3v) is 9.13. The number of hydrogen-bond donors (Lipinski definition) is 4. The maximum absolute atomic E-state index is 12.7. The van der Waals surface area contributed by atoms with Crippen molar-refractivity contribution in [1.29, 1.82) is 0 Å². The van der Waals surface area contributed by atoms with E-state index in [0.29, 0.717) is 42.9 Å². The third-order valence-electron chi connectivity index (χ3n) is 7.34. The lowest BCUT2D eigenvalue weighted by atomic mass is 9.69. The normalized spacial score (nSPS) is 31.0. The molecule has 1 aromatic carbocycles. The van der Waals surface area contributed by atoms with E-state index in [1.54, 1.807) is 0 Å². The molecule has 4 rings (SSSR count). The van der Waals surface area contributed by atoms with Gasteiger partial charge in [-0.05, 0) is 80.7 Å². The van der Waals surface area contributed by atoms with E-state index in [1.807, 2.05) is 4.90 Å². The first kappa shape index (κ1) is 30.1. The summed E-state index contributed by atoms with van der Waals surface area (Å²) in [5, 5.41) is 22.6. The second-order valence-corrected chi connectivity index (χ2v) is 11.7. The van der Waals surface area contributed by atoms with Gasteiger partial charge in [0.25, 0.3) is 0 Å². The van der Waals surface area contributed by atoms with Crippen LogP contribution in [0.3, 0.4) is 0 Å². The van der Waals surface area contributed by atoms with Crippen LogP contribution in [0, 0.1) is 17.8 Å². The summed E-state index contributed by atoms with van der Waals surface area (Å²) in [6.07, 6.45) is 3.63. The van der Waals surface area contributed by atoms with E-state index in [0.717, 1.165) is 19.3 Å². The molecule has 0 spiro atoms. The van der Waals surface area contributed by atoms with Gasteiger partial charge in [-0.2, -0.15) is 0 Å². The van der Waals surface area contributed by atoms with E-state index in [-0.39, 0.29) is 42.0 Å². The first-order chi connectivity index (χ1) is 15.6. The van der Waals surface area contributed by atoms with Crippen LogP contribution in [0.25, 0.3) is 0 Å². The van der Waals surface area contributed by atoms with Gasteiger partial charge >= 0.3 is 11.9 Å². The third kappa shape index (κ3) is 7.21. The summed E-state index contributed by atoms with van der Waals surface area (Å²) < 4.78 is 28.1. The van der Waals surface area contributed by atoms with Crippen LogP contribution < -0.4 is 10.0 Å². The van der Waals surface area contributed by atoms with Crippen LogP contribution in [-0.4, -0.2) is 73.2 Å². The van der Waals surface area contributed by atoms with Crippen molar-refractivity contribution in [3.63, 3.8) is 0 Å². The van der Waals surface area contributed by atoms with Crippen molar-refractivity contribution in [2.24, 2.45) is 17.8 Å². The Balaban J connectivity index is 0.00000216. The van der Waals surface area contributed by atoms with E-state index in [2.05, 4.69) is 10.0 Å². The van der Waals surface area contributed by atoms with Gasteiger partial charge in [-0.1, -0.05) is 11.6 Å². The first-order valence-corrected chi connectivity index (χ1v) is 13.2. The molecule has 0 unspecified atom stereocenters. The zero-order chi connectivity index (χ0) is 23.8. The molecular weight excluding hydrogens is 541 g/mol. The highest BCUT2D eigenvalue weighted by molar-refractivity contribution is 7.89. The predicted molar refractivity (Wildman–Crippen MR) is 136 cm³/mol. The van der Waals surface area contributed by atoms with Crippen LogP contribution in [-0.2, 0) is 19.6 Å². The number of fused-ring (bicyclic) bond motifs is 1. The molecule has 0 bridgehead atoms. The summed E-state index contributed by atoms with van der Waals surface area (Å²) in [5.41, 5.74) is 0. The molecule has 3 aliphatic rings. The summed E-state index contributed by atoms with van der Waals surface area (Å²) >= 11 is 5.84. The molecule has 9 nitrogen and oxygen atoms in total. The van der Waals surface area contributed by atoms with Crippen LogP contribution in [0.15, 0.2) is 29.2 Å². The molecule has 13 heteroatoms. The molecule has 2 saturated heterocycles. The molecule has 0 amide bonds. The number of aliphatic carboxylic acids is 2. The average molecular weight is 573 g/mol. The lowest BCUT2D eigenvalue weighted by Crippen LogP contribution is -2.50. The summed E-state index contributed by atoms with van der Waals surface area (Å²) in [6, 6.07) is 4.09. The average Bonchev–Trinajstić information content (AvgIpc) is 3.15. The largest absolute Gasteiger partial charge is 0.480 e. The van der Waals surface area contributed by atoms with Gasteiger partial charge in [-0.15, -0.1) is 24.8 Å². The summed E-state index contributed by atoms with van der Waals surface area (Å²) in [4.78, 5) is 25.3. The quantitative estimate of drug-likeness (QED) is 0.391. The van der Waals surface area contributed by atoms with E-state index >= 15 is 0 Å². The predicted octanol–water partition coefficient (Wildman–Crippen LogP) is 2.47. The Bertz CT molecular complexity index is 997. The highest BCUT2D eigenvalue weighted by atomic mass is 35.5. The number of benzene rings is 1. The number of nitrogens with one attached hydrogen (secondary N) is 2. The number of carboxylic acid groups (broad SMARTS) is 2. The van der Waals surface area contributed by atoms with Crippen LogP contribution in [0.2, 0.25) is 5.02 Å². The van der Waals surface area contributed by atoms with Crippen LogP contribution in [0.5, 0.6) is 0 Å². The number of halogens is 3. The molecule has 6 atom stereocenters. The Morgan fingerprint density at radius 3 is 2.34 bits per heavy atom. The molecule has 2 heterocycles. The molecule has 1 saturated carbocycles. The second-order valence-electron chi connectivity index (χ2n) is 9.55. The van der Waals surface area contributed by atoms with Crippen molar-refractivity contribution in [2.75, 3.05) is 19.6 Å². The minimum atomic E-state index is -3.79. The molecule has 0 radical (unpaired) electrons. The highest BCUT2D eigenvalue weighted by Gasteiger charge is 2.42. The summed E-state index contributed by atoms with van der Waals surface area (Å²) in [6.45, 7) is 1.61. The number of sulfonamides is 1. The van der Waals surface area contributed by atoms with Crippen molar-refractivity contribution < 1.29 is 28.2 Å². The topological polar surface area (TPSA) is 136 Å². The minimum absolute atomic E-state index is 0. The maximum Gasteiger partial charge on any atom is 0.320 e. The fourth-order valence-electron chi connectivity index (χ4n) is 5.70. The van der Waals surface area contributed by atoms with Gasteiger partial charge in [0.15, 0.2) is 0 Å². The van der Waals surface area contributed by atoms with E-state index in [4.69, 9.17) is 11.6 Å². The summed E-state index contributed by atoms with van der Waals surface area (Å²) in [5.74, 6) is -0.727. The van der Waals surface area contributed by atoms with Gasteiger partial charge in [-0.25, -0.2) is 13.1 Å². The Labute approximate surface area is 222 Å². The lowest BCUT2D eigenvalue weighted by Gasteiger charge is -2.42. The van der Waals surface area contributed by atoms with E-state index in [9.17, 15) is 28.2 Å². The van der Waals surface area contributed by atoms with Gasteiger partial charge < -0.3 is 15.5 Å². The minimum Gasteiger partial charge on any atom is -0.480 e. The molecule has 2 aliphatic heterocycles.